The fourth-order valence-corrected chi connectivity index (χ4v) is 3.90. The van der Waals surface area contributed by atoms with Crippen molar-refractivity contribution in [2.24, 2.45) is 5.10 Å². The van der Waals surface area contributed by atoms with Crippen LogP contribution in [0.1, 0.15) is 11.1 Å². The third kappa shape index (κ3) is 4.96. The van der Waals surface area contributed by atoms with Crippen molar-refractivity contribution in [3.63, 3.8) is 0 Å². The molecule has 32 heavy (non-hydrogen) atoms. The molecule has 0 aliphatic carbocycles. The van der Waals surface area contributed by atoms with Crippen molar-refractivity contribution in [1.29, 1.82) is 0 Å². The Bertz CT molecular complexity index is 1290. The first-order chi connectivity index (χ1) is 15.5. The summed E-state index contributed by atoms with van der Waals surface area (Å²) >= 11 is 1.35. The Kier molecular flexibility index (Phi) is 6.18. The Morgan fingerprint density at radius 1 is 1.16 bits per heavy atom. The Labute approximate surface area is 187 Å². The number of rotatable bonds is 7. The van der Waals surface area contributed by atoms with Gasteiger partial charge in [0.1, 0.15) is 5.75 Å². The molecule has 4 rings (SSSR count). The Balaban J connectivity index is 1.61. The zero-order valence-electron chi connectivity index (χ0n) is 17.0. The number of ether oxygens (including phenoxy) is 1. The van der Waals surface area contributed by atoms with Gasteiger partial charge in [-0.1, -0.05) is 35.6 Å². The summed E-state index contributed by atoms with van der Waals surface area (Å²) in [4.78, 5) is 27.9. The second-order valence-electron chi connectivity index (χ2n) is 6.87. The molecule has 0 radical (unpaired) electrons. The minimum Gasteiger partial charge on any atom is -0.484 e. The average Bonchev–Trinajstić information content (AvgIpc) is 3.21. The largest absolute Gasteiger partial charge is 0.484 e. The number of aryl methyl sites for hydroxylation is 1. The van der Waals surface area contributed by atoms with Crippen LogP contribution in [0.4, 0.5) is 10.8 Å². The summed E-state index contributed by atoms with van der Waals surface area (Å²) < 4.78 is 6.53. The zero-order chi connectivity index (χ0) is 22.5. The van der Waals surface area contributed by atoms with Gasteiger partial charge in [0.25, 0.3) is 11.6 Å². The standard InChI is InChI=1S/C23H18N4O4S/c1-16-7-12-20-21(13-16)32-23(25-20)26(22(28)15-31-19-5-3-2-4-6-19)24-14-17-8-10-18(11-9-17)27(29)30/h2-14H,15H2,1H3/b24-14+. The molecule has 1 heterocycles. The van der Waals surface area contributed by atoms with Gasteiger partial charge in [-0.3, -0.25) is 14.9 Å². The Morgan fingerprint density at radius 3 is 2.62 bits per heavy atom. The lowest BCUT2D eigenvalue weighted by Gasteiger charge is -2.14. The van der Waals surface area contributed by atoms with Crippen LogP contribution in [0.2, 0.25) is 0 Å². The maximum absolute atomic E-state index is 13.0. The molecular formula is C23H18N4O4S. The first kappa shape index (κ1) is 21.1. The number of aromatic nitrogens is 1. The van der Waals surface area contributed by atoms with Gasteiger partial charge < -0.3 is 4.74 Å². The van der Waals surface area contributed by atoms with E-state index in [2.05, 4.69) is 10.1 Å². The second-order valence-corrected chi connectivity index (χ2v) is 7.88. The normalized spacial score (nSPS) is 11.0. The van der Waals surface area contributed by atoms with E-state index < -0.39 is 10.8 Å². The minimum atomic E-state index is -0.471. The lowest BCUT2D eigenvalue weighted by Crippen LogP contribution is -2.30. The first-order valence-electron chi connectivity index (χ1n) is 9.66. The fraction of sp³-hybridized carbons (Fsp3) is 0.0870. The van der Waals surface area contributed by atoms with Gasteiger partial charge in [0.2, 0.25) is 5.13 Å². The van der Waals surface area contributed by atoms with Crippen LogP contribution in [0.15, 0.2) is 77.9 Å². The molecule has 0 saturated carbocycles. The molecule has 0 bridgehead atoms. The van der Waals surface area contributed by atoms with Crippen molar-refractivity contribution in [2.75, 3.05) is 11.6 Å². The van der Waals surface area contributed by atoms with Gasteiger partial charge in [-0.05, 0) is 54.4 Å². The van der Waals surface area contributed by atoms with Crippen LogP contribution in [0, 0.1) is 17.0 Å². The maximum Gasteiger partial charge on any atom is 0.287 e. The van der Waals surface area contributed by atoms with Crippen molar-refractivity contribution < 1.29 is 14.5 Å². The molecule has 1 aromatic heterocycles. The Hall–Kier alpha value is -4.11. The predicted octanol–water partition coefficient (Wildman–Crippen LogP) is 4.96. The maximum atomic E-state index is 13.0. The number of anilines is 1. The van der Waals surface area contributed by atoms with E-state index in [9.17, 15) is 14.9 Å². The number of hydrogen-bond acceptors (Lipinski definition) is 7. The molecule has 0 unspecified atom stereocenters. The smallest absolute Gasteiger partial charge is 0.287 e. The van der Waals surface area contributed by atoms with E-state index in [1.54, 1.807) is 24.3 Å². The fourth-order valence-electron chi connectivity index (χ4n) is 2.86. The minimum absolute atomic E-state index is 0.0205. The molecule has 0 atom stereocenters. The molecule has 0 fully saturated rings. The highest BCUT2D eigenvalue weighted by molar-refractivity contribution is 7.22. The molecule has 1 amide bonds. The number of nitro benzene ring substituents is 1. The molecule has 8 nitrogen and oxygen atoms in total. The summed E-state index contributed by atoms with van der Waals surface area (Å²) in [7, 11) is 0. The number of nitro groups is 1. The number of carbonyl (C=O) groups is 1. The van der Waals surface area contributed by atoms with E-state index in [0.29, 0.717) is 16.4 Å². The highest BCUT2D eigenvalue weighted by atomic mass is 32.1. The Morgan fingerprint density at radius 2 is 1.91 bits per heavy atom. The zero-order valence-corrected chi connectivity index (χ0v) is 17.9. The lowest BCUT2D eigenvalue weighted by atomic mass is 10.2. The summed E-state index contributed by atoms with van der Waals surface area (Å²) in [6.07, 6.45) is 1.46. The number of fused-ring (bicyclic) bond motifs is 1. The van der Waals surface area contributed by atoms with Gasteiger partial charge in [0.05, 0.1) is 21.4 Å². The number of hydrazone groups is 1. The average molecular weight is 446 g/mol. The lowest BCUT2D eigenvalue weighted by molar-refractivity contribution is -0.384. The molecule has 0 aliphatic heterocycles. The van der Waals surface area contributed by atoms with E-state index in [0.717, 1.165) is 15.8 Å². The molecular weight excluding hydrogens is 428 g/mol. The monoisotopic (exact) mass is 446 g/mol. The van der Waals surface area contributed by atoms with E-state index in [1.807, 2.05) is 43.3 Å². The van der Waals surface area contributed by atoms with Crippen LogP contribution >= 0.6 is 11.3 Å². The third-order valence-electron chi connectivity index (χ3n) is 4.48. The molecule has 160 valence electrons. The molecule has 9 heteroatoms. The molecule has 4 aromatic rings. The highest BCUT2D eigenvalue weighted by Gasteiger charge is 2.20. The van der Waals surface area contributed by atoms with Crippen LogP contribution in [0.25, 0.3) is 10.2 Å². The van der Waals surface area contributed by atoms with E-state index in [1.165, 1.54) is 34.7 Å². The van der Waals surface area contributed by atoms with E-state index in [4.69, 9.17) is 4.74 Å². The van der Waals surface area contributed by atoms with Crippen molar-refractivity contribution in [1.82, 2.24) is 4.98 Å². The van der Waals surface area contributed by atoms with Gasteiger partial charge in [-0.2, -0.15) is 10.1 Å². The van der Waals surface area contributed by atoms with Gasteiger partial charge in [0.15, 0.2) is 6.61 Å². The van der Waals surface area contributed by atoms with Crippen LogP contribution in [-0.2, 0) is 4.79 Å². The second kappa shape index (κ2) is 9.36. The van der Waals surface area contributed by atoms with Gasteiger partial charge in [0, 0.05) is 12.1 Å². The molecule has 0 spiro atoms. The SMILES string of the molecule is Cc1ccc2nc(N(/N=C/c3ccc([N+](=O)[O-])cc3)C(=O)COc3ccccc3)sc2c1. The van der Waals surface area contributed by atoms with Crippen molar-refractivity contribution in [3.05, 3.63) is 94.0 Å². The molecule has 0 aliphatic rings. The van der Waals surface area contributed by atoms with E-state index >= 15 is 0 Å². The van der Waals surface area contributed by atoms with Gasteiger partial charge in [-0.15, -0.1) is 0 Å². The summed E-state index contributed by atoms with van der Waals surface area (Å²) in [6, 6.07) is 20.8. The molecule has 3 aromatic carbocycles. The van der Waals surface area contributed by atoms with E-state index in [-0.39, 0.29) is 12.3 Å². The van der Waals surface area contributed by atoms with Crippen molar-refractivity contribution in [2.45, 2.75) is 6.92 Å². The van der Waals surface area contributed by atoms with Crippen LogP contribution < -0.4 is 9.75 Å². The summed E-state index contributed by atoms with van der Waals surface area (Å²) in [6.45, 7) is 1.76. The summed E-state index contributed by atoms with van der Waals surface area (Å²) in [5.41, 5.74) is 2.44. The van der Waals surface area contributed by atoms with Gasteiger partial charge in [-0.25, -0.2) is 4.98 Å². The quantitative estimate of drug-likeness (QED) is 0.227. The number of carbonyl (C=O) groups excluding carboxylic acids is 1. The van der Waals surface area contributed by atoms with Gasteiger partial charge >= 0.3 is 0 Å². The molecule has 0 N–H and O–H groups in total. The topological polar surface area (TPSA) is 97.9 Å². The number of nitrogens with zero attached hydrogens (tertiary/aromatic N) is 4. The number of para-hydroxylation sites is 1. The van der Waals surface area contributed by atoms with Crippen LogP contribution in [0.3, 0.4) is 0 Å². The summed E-state index contributed by atoms with van der Waals surface area (Å²) in [5.74, 6) is 0.169. The van der Waals surface area contributed by atoms with Crippen molar-refractivity contribution >= 4 is 44.5 Å². The first-order valence-corrected chi connectivity index (χ1v) is 10.5. The predicted molar refractivity (Wildman–Crippen MR) is 124 cm³/mol. The summed E-state index contributed by atoms with van der Waals surface area (Å²) in [5, 5.41) is 16.8. The number of benzene rings is 3. The number of non-ortho nitro benzene ring substituents is 1. The van der Waals surface area contributed by atoms with Crippen LogP contribution in [-0.4, -0.2) is 28.6 Å². The number of hydrogen-bond donors (Lipinski definition) is 0. The molecule has 0 saturated heterocycles. The number of amides is 1. The third-order valence-corrected chi connectivity index (χ3v) is 5.48. The highest BCUT2D eigenvalue weighted by Crippen LogP contribution is 2.30. The van der Waals surface area contributed by atoms with Crippen molar-refractivity contribution in [3.8, 4) is 5.75 Å². The van der Waals surface area contributed by atoms with Crippen LogP contribution in [0.5, 0.6) is 5.75 Å². The number of thiazole rings is 1.